The topological polar surface area (TPSA) is 80.9 Å². The second-order valence-electron chi connectivity index (χ2n) is 6.36. The number of alkyl halides is 3. The Kier molecular flexibility index (Phi) is 4.17. The highest BCUT2D eigenvalue weighted by atomic mass is 19.4. The third-order valence-electron chi connectivity index (χ3n) is 4.59. The first-order chi connectivity index (χ1) is 12.5. The monoisotopic (exact) mass is 363 g/mol. The van der Waals surface area contributed by atoms with Gasteiger partial charge in [0.1, 0.15) is 5.82 Å². The van der Waals surface area contributed by atoms with Crippen LogP contribution in [0.5, 0.6) is 0 Å². The van der Waals surface area contributed by atoms with Crippen molar-refractivity contribution >= 4 is 11.6 Å². The lowest BCUT2D eigenvalue weighted by Crippen LogP contribution is -2.28. The minimum atomic E-state index is -4.43. The van der Waals surface area contributed by atoms with Crippen LogP contribution in [0.1, 0.15) is 43.0 Å². The van der Waals surface area contributed by atoms with E-state index in [0.717, 1.165) is 43.9 Å². The summed E-state index contributed by atoms with van der Waals surface area (Å²) in [5.74, 6) is 1.29. The van der Waals surface area contributed by atoms with E-state index in [1.54, 1.807) is 12.4 Å². The lowest BCUT2D eigenvalue weighted by molar-refractivity contribution is -0.138. The molecular formula is C16H16F3N7. The van der Waals surface area contributed by atoms with Gasteiger partial charge in [-0.3, -0.25) is 9.38 Å². The van der Waals surface area contributed by atoms with Crippen molar-refractivity contribution in [2.45, 2.75) is 43.8 Å². The van der Waals surface area contributed by atoms with Gasteiger partial charge in [-0.25, -0.2) is 9.97 Å². The minimum absolute atomic E-state index is 0.0691. The fraction of sp³-hybridized carbons (Fsp3) is 0.438. The first kappa shape index (κ1) is 16.7. The molecule has 0 aromatic carbocycles. The van der Waals surface area contributed by atoms with Gasteiger partial charge in [0.15, 0.2) is 5.65 Å². The average molecular weight is 363 g/mol. The number of aromatic nitrogens is 6. The fourth-order valence-electron chi connectivity index (χ4n) is 3.34. The van der Waals surface area contributed by atoms with Crippen molar-refractivity contribution in [3.05, 3.63) is 42.4 Å². The first-order valence-corrected chi connectivity index (χ1v) is 8.31. The van der Waals surface area contributed by atoms with Crippen LogP contribution in [-0.2, 0) is 6.18 Å². The van der Waals surface area contributed by atoms with Crippen LogP contribution in [0.2, 0.25) is 0 Å². The number of nitrogens with one attached hydrogen (secondary N) is 1. The highest BCUT2D eigenvalue weighted by Crippen LogP contribution is 2.33. The molecule has 7 nitrogen and oxygen atoms in total. The SMILES string of the molecule is FC(F)(F)c1cnc(N[C@@H]2CCC[C@H](c3nnc4cnccn34)C2)nc1. The van der Waals surface area contributed by atoms with Crippen molar-refractivity contribution in [3.8, 4) is 0 Å². The summed E-state index contributed by atoms with van der Waals surface area (Å²) in [6.07, 6.45) is 5.99. The molecular weight excluding hydrogens is 347 g/mol. The maximum absolute atomic E-state index is 12.6. The highest BCUT2D eigenvalue weighted by molar-refractivity contribution is 5.35. The van der Waals surface area contributed by atoms with E-state index < -0.39 is 11.7 Å². The van der Waals surface area contributed by atoms with Crippen molar-refractivity contribution in [3.63, 3.8) is 0 Å². The van der Waals surface area contributed by atoms with E-state index in [2.05, 4.69) is 30.5 Å². The highest BCUT2D eigenvalue weighted by Gasteiger charge is 2.32. The Labute approximate surface area is 146 Å². The molecule has 1 saturated carbocycles. The molecule has 0 unspecified atom stereocenters. The Morgan fingerprint density at radius 3 is 2.65 bits per heavy atom. The van der Waals surface area contributed by atoms with E-state index in [4.69, 9.17) is 0 Å². The zero-order chi connectivity index (χ0) is 18.1. The van der Waals surface area contributed by atoms with Crippen LogP contribution in [0.25, 0.3) is 5.65 Å². The lowest BCUT2D eigenvalue weighted by atomic mass is 9.85. The zero-order valence-electron chi connectivity index (χ0n) is 13.7. The van der Waals surface area contributed by atoms with Crippen LogP contribution >= 0.6 is 0 Å². The standard InChI is InChI=1S/C16H16F3N7/c17-16(18,19)11-7-21-15(22-8-11)23-12-3-1-2-10(6-12)14-25-24-13-9-20-4-5-26(13)14/h4-5,7-10,12H,1-3,6H2,(H,21,22,23)/t10-,12+/m0/s1. The van der Waals surface area contributed by atoms with Gasteiger partial charge in [-0.05, 0) is 19.3 Å². The molecule has 2 atom stereocenters. The summed E-state index contributed by atoms with van der Waals surface area (Å²) in [4.78, 5) is 11.6. The molecule has 0 spiro atoms. The van der Waals surface area contributed by atoms with E-state index in [0.29, 0.717) is 5.65 Å². The third-order valence-corrected chi connectivity index (χ3v) is 4.59. The van der Waals surface area contributed by atoms with Crippen LogP contribution in [0.4, 0.5) is 19.1 Å². The predicted molar refractivity (Wildman–Crippen MR) is 86.4 cm³/mol. The molecule has 10 heteroatoms. The van der Waals surface area contributed by atoms with E-state index in [9.17, 15) is 13.2 Å². The third kappa shape index (κ3) is 3.31. The largest absolute Gasteiger partial charge is 0.419 e. The van der Waals surface area contributed by atoms with Crippen molar-refractivity contribution in [2.75, 3.05) is 5.32 Å². The Hall–Kier alpha value is -2.78. The molecule has 3 aromatic heterocycles. The first-order valence-electron chi connectivity index (χ1n) is 8.31. The van der Waals surface area contributed by atoms with Crippen molar-refractivity contribution in [2.24, 2.45) is 0 Å². The molecule has 4 rings (SSSR count). The summed E-state index contributed by atoms with van der Waals surface area (Å²) in [5, 5.41) is 11.6. The average Bonchev–Trinajstić information content (AvgIpc) is 3.06. The van der Waals surface area contributed by atoms with E-state index in [1.165, 1.54) is 0 Å². The van der Waals surface area contributed by atoms with Gasteiger partial charge in [0.25, 0.3) is 0 Å². The summed E-state index contributed by atoms with van der Waals surface area (Å²) in [6, 6.07) is 0.0691. The van der Waals surface area contributed by atoms with Crippen LogP contribution < -0.4 is 5.32 Å². The Morgan fingerprint density at radius 2 is 1.88 bits per heavy atom. The number of anilines is 1. The van der Waals surface area contributed by atoms with Gasteiger partial charge in [0.2, 0.25) is 5.95 Å². The summed E-state index contributed by atoms with van der Waals surface area (Å²) in [6.45, 7) is 0. The quantitative estimate of drug-likeness (QED) is 0.770. The molecule has 0 bridgehead atoms. The van der Waals surface area contributed by atoms with Crippen LogP contribution in [0.3, 0.4) is 0 Å². The zero-order valence-corrected chi connectivity index (χ0v) is 13.7. The molecule has 26 heavy (non-hydrogen) atoms. The minimum Gasteiger partial charge on any atom is -0.351 e. The Morgan fingerprint density at radius 1 is 1.08 bits per heavy atom. The smallest absolute Gasteiger partial charge is 0.351 e. The summed E-state index contributed by atoms with van der Waals surface area (Å²) in [7, 11) is 0. The number of fused-ring (bicyclic) bond motifs is 1. The van der Waals surface area contributed by atoms with Gasteiger partial charge in [0, 0.05) is 36.7 Å². The molecule has 0 radical (unpaired) electrons. The number of halogens is 3. The van der Waals surface area contributed by atoms with Crippen LogP contribution in [0.15, 0.2) is 31.0 Å². The molecule has 1 fully saturated rings. The van der Waals surface area contributed by atoms with E-state index >= 15 is 0 Å². The van der Waals surface area contributed by atoms with Gasteiger partial charge < -0.3 is 5.32 Å². The number of hydrogen-bond donors (Lipinski definition) is 1. The molecule has 3 heterocycles. The number of nitrogens with zero attached hydrogens (tertiary/aromatic N) is 6. The van der Waals surface area contributed by atoms with Gasteiger partial charge in [-0.2, -0.15) is 13.2 Å². The van der Waals surface area contributed by atoms with Gasteiger partial charge in [-0.15, -0.1) is 10.2 Å². The van der Waals surface area contributed by atoms with Crippen molar-refractivity contribution in [1.82, 2.24) is 29.5 Å². The molecule has 0 saturated heterocycles. The van der Waals surface area contributed by atoms with E-state index in [1.807, 2.05) is 10.6 Å². The van der Waals surface area contributed by atoms with Gasteiger partial charge in [0.05, 0.1) is 11.8 Å². The van der Waals surface area contributed by atoms with Crippen molar-refractivity contribution in [1.29, 1.82) is 0 Å². The molecule has 0 amide bonds. The molecule has 3 aromatic rings. The maximum atomic E-state index is 12.6. The molecule has 1 aliphatic rings. The normalized spacial score (nSPS) is 21.0. The lowest BCUT2D eigenvalue weighted by Gasteiger charge is -2.28. The Balaban J connectivity index is 1.47. The number of rotatable bonds is 3. The van der Waals surface area contributed by atoms with E-state index in [-0.39, 0.29) is 17.9 Å². The molecule has 136 valence electrons. The van der Waals surface area contributed by atoms with Crippen LogP contribution in [-0.4, -0.2) is 35.6 Å². The predicted octanol–water partition coefficient (Wildman–Crippen LogP) is 3.07. The van der Waals surface area contributed by atoms with Crippen molar-refractivity contribution < 1.29 is 13.2 Å². The van der Waals surface area contributed by atoms with Gasteiger partial charge in [-0.1, -0.05) is 6.42 Å². The molecule has 1 aliphatic carbocycles. The fourth-order valence-corrected chi connectivity index (χ4v) is 3.34. The maximum Gasteiger partial charge on any atom is 0.419 e. The second kappa shape index (κ2) is 6.50. The summed E-state index contributed by atoms with van der Waals surface area (Å²) in [5.41, 5.74) is -0.156. The Bertz CT molecular complexity index is 891. The number of hydrogen-bond acceptors (Lipinski definition) is 6. The second-order valence-corrected chi connectivity index (χ2v) is 6.36. The molecule has 1 N–H and O–H groups in total. The van der Waals surface area contributed by atoms with Gasteiger partial charge >= 0.3 is 6.18 Å². The molecule has 0 aliphatic heterocycles. The summed E-state index contributed by atoms with van der Waals surface area (Å²) >= 11 is 0. The summed E-state index contributed by atoms with van der Waals surface area (Å²) < 4.78 is 39.7. The van der Waals surface area contributed by atoms with Crippen LogP contribution in [0, 0.1) is 0 Å².